The Labute approximate surface area is 200 Å². The van der Waals surface area contributed by atoms with Gasteiger partial charge in [-0.3, -0.25) is 9.48 Å². The molecule has 4 heteroatoms. The van der Waals surface area contributed by atoms with E-state index in [0.29, 0.717) is 23.9 Å². The lowest BCUT2D eigenvalue weighted by Gasteiger charge is -2.43. The number of fused-ring (bicyclic) bond motifs is 2. The van der Waals surface area contributed by atoms with Gasteiger partial charge in [0.2, 0.25) is 5.91 Å². The average Bonchev–Trinajstić information content (AvgIpc) is 3.30. The normalized spacial score (nSPS) is 36.1. The number of nitrogens with zero attached hydrogens (tertiary/aromatic N) is 2. The first-order valence-corrected chi connectivity index (χ1v) is 14.3. The Hall–Kier alpha value is -1.32. The smallest absolute Gasteiger partial charge is 0.226 e. The zero-order valence-electron chi connectivity index (χ0n) is 21.2. The van der Waals surface area contributed by atoms with Crippen molar-refractivity contribution in [3.8, 4) is 0 Å². The Morgan fingerprint density at radius 2 is 1.70 bits per heavy atom. The molecule has 6 unspecified atom stereocenters. The van der Waals surface area contributed by atoms with Gasteiger partial charge in [-0.05, 0) is 99.4 Å². The highest BCUT2D eigenvalue weighted by Gasteiger charge is 2.53. The molecular formula is C29H45N3O. The number of aromatic nitrogens is 2. The van der Waals surface area contributed by atoms with Crippen LogP contribution in [0.1, 0.15) is 114 Å². The largest absolute Gasteiger partial charge is 0.352 e. The molecule has 1 amide bonds. The zero-order chi connectivity index (χ0) is 22.7. The Balaban J connectivity index is 1.19. The lowest BCUT2D eigenvalue weighted by molar-refractivity contribution is -0.131. The SMILES string of the molecule is CC1CC2CC3CC(CC23)C1NC(=O)C(C)(C)Cc1nn(C2CCCCC2)c2c1CCCC2. The molecule has 0 aliphatic heterocycles. The fourth-order valence-electron chi connectivity index (χ4n) is 8.65. The van der Waals surface area contributed by atoms with Crippen LogP contribution in [0.2, 0.25) is 0 Å². The van der Waals surface area contributed by atoms with Crippen molar-refractivity contribution in [2.45, 2.75) is 123 Å². The molecule has 6 rings (SSSR count). The summed E-state index contributed by atoms with van der Waals surface area (Å²) in [5.74, 6) is 4.47. The van der Waals surface area contributed by atoms with E-state index in [9.17, 15) is 4.79 Å². The topological polar surface area (TPSA) is 46.9 Å². The van der Waals surface area contributed by atoms with Gasteiger partial charge in [-0.1, -0.05) is 40.0 Å². The molecule has 4 saturated carbocycles. The van der Waals surface area contributed by atoms with Gasteiger partial charge in [0.05, 0.1) is 11.7 Å². The van der Waals surface area contributed by atoms with E-state index in [4.69, 9.17) is 5.10 Å². The molecular weight excluding hydrogens is 406 g/mol. The summed E-state index contributed by atoms with van der Waals surface area (Å²) in [6, 6.07) is 0.966. The third-order valence-electron chi connectivity index (χ3n) is 10.5. The van der Waals surface area contributed by atoms with E-state index in [0.717, 1.165) is 30.6 Å². The standard InChI is InChI=1S/C29H45N3O/c1-18-13-19-14-20-15-21(16-24(19)20)27(18)30-28(33)29(2,3)17-25-23-11-7-8-12-26(23)32(31-25)22-9-5-4-6-10-22/h18-22,24,27H,4-17H2,1-3H3,(H,30,33). The Morgan fingerprint density at radius 1 is 0.970 bits per heavy atom. The Morgan fingerprint density at radius 3 is 2.52 bits per heavy atom. The van der Waals surface area contributed by atoms with E-state index in [2.05, 4.69) is 30.8 Å². The minimum atomic E-state index is -0.413. The van der Waals surface area contributed by atoms with E-state index in [1.54, 1.807) is 0 Å². The van der Waals surface area contributed by atoms with E-state index in [1.807, 2.05) is 0 Å². The molecule has 0 radical (unpaired) electrons. The molecule has 4 fully saturated rings. The van der Waals surface area contributed by atoms with Crippen LogP contribution < -0.4 is 5.32 Å². The predicted octanol–water partition coefficient (Wildman–Crippen LogP) is 6.02. The highest BCUT2D eigenvalue weighted by molar-refractivity contribution is 5.82. The average molecular weight is 452 g/mol. The molecule has 0 spiro atoms. The van der Waals surface area contributed by atoms with Crippen LogP contribution in [0.4, 0.5) is 0 Å². The van der Waals surface area contributed by atoms with Gasteiger partial charge in [-0.15, -0.1) is 0 Å². The molecule has 1 heterocycles. The molecule has 5 aliphatic rings. The van der Waals surface area contributed by atoms with Crippen LogP contribution in [-0.4, -0.2) is 21.7 Å². The third-order valence-corrected chi connectivity index (χ3v) is 10.5. The molecule has 6 atom stereocenters. The lowest BCUT2D eigenvalue weighted by atomic mass is 9.63. The number of hydrogen-bond donors (Lipinski definition) is 1. The molecule has 182 valence electrons. The maximum Gasteiger partial charge on any atom is 0.226 e. The first-order chi connectivity index (χ1) is 15.9. The van der Waals surface area contributed by atoms with E-state index in [-0.39, 0.29) is 5.91 Å². The molecule has 0 aromatic carbocycles. The van der Waals surface area contributed by atoms with Gasteiger partial charge in [0, 0.05) is 23.6 Å². The summed E-state index contributed by atoms with van der Waals surface area (Å²) in [5, 5.41) is 8.86. The van der Waals surface area contributed by atoms with Crippen LogP contribution in [0.5, 0.6) is 0 Å². The minimum Gasteiger partial charge on any atom is -0.352 e. The monoisotopic (exact) mass is 451 g/mol. The third kappa shape index (κ3) is 3.88. The first-order valence-electron chi connectivity index (χ1n) is 14.3. The van der Waals surface area contributed by atoms with Gasteiger partial charge in [-0.2, -0.15) is 5.10 Å². The fourth-order valence-corrected chi connectivity index (χ4v) is 8.65. The van der Waals surface area contributed by atoms with Crippen molar-refractivity contribution in [3.05, 3.63) is 17.0 Å². The van der Waals surface area contributed by atoms with Crippen LogP contribution in [-0.2, 0) is 24.1 Å². The van der Waals surface area contributed by atoms with Crippen molar-refractivity contribution < 1.29 is 4.79 Å². The van der Waals surface area contributed by atoms with Crippen molar-refractivity contribution in [3.63, 3.8) is 0 Å². The maximum absolute atomic E-state index is 13.7. The van der Waals surface area contributed by atoms with Crippen LogP contribution in [0.25, 0.3) is 0 Å². The highest BCUT2D eigenvalue weighted by atomic mass is 16.2. The zero-order valence-corrected chi connectivity index (χ0v) is 21.2. The van der Waals surface area contributed by atoms with E-state index >= 15 is 0 Å². The second-order valence-corrected chi connectivity index (χ2v) is 13.2. The van der Waals surface area contributed by atoms with Crippen molar-refractivity contribution in [2.75, 3.05) is 0 Å². The van der Waals surface area contributed by atoms with E-state index < -0.39 is 5.41 Å². The fraction of sp³-hybridized carbons (Fsp3) is 0.862. The van der Waals surface area contributed by atoms with Gasteiger partial charge >= 0.3 is 0 Å². The number of nitrogens with one attached hydrogen (secondary N) is 1. The number of carbonyl (C=O) groups is 1. The maximum atomic E-state index is 13.7. The Kier molecular flexibility index (Phi) is 5.65. The number of carbonyl (C=O) groups excluding carboxylic acids is 1. The molecule has 1 aromatic rings. The summed E-state index contributed by atoms with van der Waals surface area (Å²) in [4.78, 5) is 13.7. The number of amides is 1. The van der Waals surface area contributed by atoms with Gasteiger partial charge in [0.15, 0.2) is 0 Å². The number of rotatable bonds is 5. The van der Waals surface area contributed by atoms with Crippen molar-refractivity contribution >= 4 is 5.91 Å². The lowest BCUT2D eigenvalue weighted by Crippen LogP contribution is -2.50. The summed E-state index contributed by atoms with van der Waals surface area (Å²) >= 11 is 0. The van der Waals surface area contributed by atoms with Crippen LogP contribution >= 0.6 is 0 Å². The van der Waals surface area contributed by atoms with Crippen molar-refractivity contribution in [1.29, 1.82) is 0 Å². The second kappa shape index (κ2) is 8.41. The first kappa shape index (κ1) is 22.2. The van der Waals surface area contributed by atoms with E-state index in [1.165, 1.54) is 94.0 Å². The van der Waals surface area contributed by atoms with Gasteiger partial charge < -0.3 is 5.32 Å². The number of hydrogen-bond acceptors (Lipinski definition) is 2. The van der Waals surface area contributed by atoms with Gasteiger partial charge in [0.25, 0.3) is 0 Å². The molecule has 2 bridgehead atoms. The summed E-state index contributed by atoms with van der Waals surface area (Å²) in [7, 11) is 0. The molecule has 4 nitrogen and oxygen atoms in total. The molecule has 1 N–H and O–H groups in total. The summed E-state index contributed by atoms with van der Waals surface area (Å²) in [5.41, 5.74) is 3.82. The molecule has 1 aromatic heterocycles. The van der Waals surface area contributed by atoms with Crippen LogP contribution in [0.3, 0.4) is 0 Å². The molecule has 33 heavy (non-hydrogen) atoms. The van der Waals surface area contributed by atoms with Crippen molar-refractivity contribution in [2.24, 2.45) is 35.0 Å². The molecule has 5 aliphatic carbocycles. The summed E-state index contributed by atoms with van der Waals surface area (Å²) in [6.45, 7) is 6.72. The van der Waals surface area contributed by atoms with Crippen LogP contribution in [0, 0.1) is 35.0 Å². The quantitative estimate of drug-likeness (QED) is 0.595. The minimum absolute atomic E-state index is 0.259. The Bertz CT molecular complexity index is 895. The highest BCUT2D eigenvalue weighted by Crippen LogP contribution is 2.59. The van der Waals surface area contributed by atoms with Gasteiger partial charge in [0.1, 0.15) is 0 Å². The van der Waals surface area contributed by atoms with Crippen LogP contribution in [0.15, 0.2) is 0 Å². The molecule has 0 saturated heterocycles. The second-order valence-electron chi connectivity index (χ2n) is 13.2. The summed E-state index contributed by atoms with van der Waals surface area (Å²) < 4.78 is 2.43. The van der Waals surface area contributed by atoms with Crippen molar-refractivity contribution in [1.82, 2.24) is 15.1 Å². The predicted molar refractivity (Wildman–Crippen MR) is 132 cm³/mol. The van der Waals surface area contributed by atoms with Gasteiger partial charge in [-0.25, -0.2) is 0 Å². The summed E-state index contributed by atoms with van der Waals surface area (Å²) in [6.07, 6.45) is 17.8.